The van der Waals surface area contributed by atoms with Crippen molar-refractivity contribution in [3.8, 4) is 11.1 Å². The lowest BCUT2D eigenvalue weighted by Crippen LogP contribution is -2.46. The number of aryl methyl sites for hydroxylation is 2. The smallest absolute Gasteiger partial charge is 0.141 e. The van der Waals surface area contributed by atoms with E-state index in [-0.39, 0.29) is 0 Å². The molecule has 5 rings (SSSR count). The van der Waals surface area contributed by atoms with Crippen molar-refractivity contribution in [1.82, 2.24) is 20.0 Å². The Morgan fingerprint density at radius 3 is 2.53 bits per heavy atom. The van der Waals surface area contributed by atoms with E-state index in [9.17, 15) is 0 Å². The van der Waals surface area contributed by atoms with Crippen LogP contribution in [0.25, 0.3) is 21.3 Å². The molecule has 0 atom stereocenters. The Balaban J connectivity index is 1.39. The molecule has 0 aliphatic carbocycles. The van der Waals surface area contributed by atoms with Gasteiger partial charge < -0.3 is 9.42 Å². The molecule has 6 nitrogen and oxygen atoms in total. The maximum atomic E-state index is 6.08. The highest BCUT2D eigenvalue weighted by atomic mass is 35.5. The van der Waals surface area contributed by atoms with Crippen LogP contribution in [-0.4, -0.2) is 46.2 Å². The zero-order chi connectivity index (χ0) is 20.7. The quantitative estimate of drug-likeness (QED) is 0.449. The van der Waals surface area contributed by atoms with Crippen molar-refractivity contribution in [2.75, 3.05) is 31.1 Å². The van der Waals surface area contributed by atoms with Gasteiger partial charge in [0.05, 0.1) is 11.1 Å². The number of hydrogen-bond acceptors (Lipinski definition) is 7. The first-order chi connectivity index (χ1) is 14.6. The Morgan fingerprint density at radius 1 is 1.07 bits per heavy atom. The van der Waals surface area contributed by atoms with Crippen LogP contribution in [0.5, 0.6) is 0 Å². The van der Waals surface area contributed by atoms with Crippen LogP contribution in [0.15, 0.2) is 40.5 Å². The Hall–Kier alpha value is -2.48. The molecule has 0 spiro atoms. The molecule has 30 heavy (non-hydrogen) atoms. The molecule has 3 aromatic heterocycles. The fraction of sp³-hybridized carbons (Fsp3) is 0.318. The number of rotatable bonds is 4. The second kappa shape index (κ2) is 7.98. The Bertz CT molecular complexity index is 1160. The summed E-state index contributed by atoms with van der Waals surface area (Å²) in [7, 11) is 0. The van der Waals surface area contributed by atoms with Gasteiger partial charge in [0.2, 0.25) is 0 Å². The average molecular weight is 440 g/mol. The van der Waals surface area contributed by atoms with Gasteiger partial charge in [-0.05, 0) is 31.5 Å². The maximum absolute atomic E-state index is 6.08. The molecule has 0 radical (unpaired) electrons. The number of hydrogen-bond donors (Lipinski definition) is 0. The van der Waals surface area contributed by atoms with Crippen LogP contribution in [0.3, 0.4) is 0 Å². The molecular formula is C22H22ClN5OS. The topological polar surface area (TPSA) is 58.3 Å². The number of aromatic nitrogens is 3. The minimum Gasteiger partial charge on any atom is -0.361 e. The largest absolute Gasteiger partial charge is 0.361 e. The summed E-state index contributed by atoms with van der Waals surface area (Å²) in [6.07, 6.45) is 1.68. The predicted molar refractivity (Wildman–Crippen MR) is 121 cm³/mol. The van der Waals surface area contributed by atoms with Crippen LogP contribution < -0.4 is 4.90 Å². The molecule has 1 aliphatic heterocycles. The van der Waals surface area contributed by atoms with E-state index in [2.05, 4.69) is 42.4 Å². The second-order valence-electron chi connectivity index (χ2n) is 7.60. The van der Waals surface area contributed by atoms with Crippen molar-refractivity contribution in [3.63, 3.8) is 0 Å². The van der Waals surface area contributed by atoms with Crippen LogP contribution in [0.2, 0.25) is 5.02 Å². The van der Waals surface area contributed by atoms with Gasteiger partial charge in [0, 0.05) is 54.3 Å². The Labute approximate surface area is 184 Å². The summed E-state index contributed by atoms with van der Waals surface area (Å²) in [4.78, 5) is 15.0. The van der Waals surface area contributed by atoms with Gasteiger partial charge >= 0.3 is 0 Å². The van der Waals surface area contributed by atoms with Gasteiger partial charge in [-0.1, -0.05) is 28.9 Å². The van der Waals surface area contributed by atoms with Crippen molar-refractivity contribution in [3.05, 3.63) is 58.0 Å². The number of benzene rings is 1. The van der Waals surface area contributed by atoms with Gasteiger partial charge in [-0.2, -0.15) is 0 Å². The highest BCUT2D eigenvalue weighted by molar-refractivity contribution is 7.17. The van der Waals surface area contributed by atoms with E-state index in [0.717, 1.165) is 70.8 Å². The van der Waals surface area contributed by atoms with E-state index in [1.54, 1.807) is 17.7 Å². The fourth-order valence-corrected chi connectivity index (χ4v) is 5.05. The molecule has 0 amide bonds. The maximum Gasteiger partial charge on any atom is 0.141 e. The summed E-state index contributed by atoms with van der Waals surface area (Å²) in [5.74, 6) is 1.93. The summed E-state index contributed by atoms with van der Waals surface area (Å²) in [6.45, 7) is 8.65. The van der Waals surface area contributed by atoms with Crippen LogP contribution in [0.1, 0.15) is 17.0 Å². The molecule has 1 aromatic carbocycles. The summed E-state index contributed by atoms with van der Waals surface area (Å²) in [5.41, 5.74) is 4.49. The molecule has 4 aromatic rings. The third-order valence-corrected chi connectivity index (χ3v) is 6.88. The molecule has 0 saturated carbocycles. The predicted octanol–water partition coefficient (Wildman–Crippen LogP) is 4.94. The lowest BCUT2D eigenvalue weighted by atomic mass is 10.1. The summed E-state index contributed by atoms with van der Waals surface area (Å²) >= 11 is 7.74. The first-order valence-corrected chi connectivity index (χ1v) is 11.2. The number of fused-ring (bicyclic) bond motifs is 1. The second-order valence-corrected chi connectivity index (χ2v) is 8.89. The molecule has 8 heteroatoms. The highest BCUT2D eigenvalue weighted by Crippen LogP contribution is 2.38. The SMILES string of the molecule is Cc1noc(C)c1CN1CCN(c2ncnc3scc(-c4ccc(Cl)cc4)c23)CC1. The zero-order valence-electron chi connectivity index (χ0n) is 16.9. The van der Waals surface area contributed by atoms with Gasteiger partial charge in [0.1, 0.15) is 22.7 Å². The van der Waals surface area contributed by atoms with Crippen LogP contribution in [0, 0.1) is 13.8 Å². The van der Waals surface area contributed by atoms with E-state index < -0.39 is 0 Å². The van der Waals surface area contributed by atoms with Gasteiger partial charge in [-0.25, -0.2) is 9.97 Å². The summed E-state index contributed by atoms with van der Waals surface area (Å²) in [5, 5.41) is 8.12. The average Bonchev–Trinajstić information content (AvgIpc) is 3.33. The van der Waals surface area contributed by atoms with Gasteiger partial charge in [-0.15, -0.1) is 11.3 Å². The molecule has 0 unspecified atom stereocenters. The van der Waals surface area contributed by atoms with E-state index in [1.807, 2.05) is 26.0 Å². The fourth-order valence-electron chi connectivity index (χ4n) is 4.01. The third kappa shape index (κ3) is 3.57. The zero-order valence-corrected chi connectivity index (χ0v) is 18.5. The minimum atomic E-state index is 0.740. The molecule has 4 heterocycles. The van der Waals surface area contributed by atoms with Crippen LogP contribution >= 0.6 is 22.9 Å². The van der Waals surface area contributed by atoms with Crippen molar-refractivity contribution >= 4 is 39.0 Å². The monoisotopic (exact) mass is 439 g/mol. The highest BCUT2D eigenvalue weighted by Gasteiger charge is 2.23. The summed E-state index contributed by atoms with van der Waals surface area (Å²) in [6, 6.07) is 7.97. The van der Waals surface area contributed by atoms with E-state index in [0.29, 0.717) is 0 Å². The Kier molecular flexibility index (Phi) is 5.18. The molecule has 1 aliphatic rings. The normalized spacial score (nSPS) is 15.2. The molecular weight excluding hydrogens is 418 g/mol. The lowest BCUT2D eigenvalue weighted by molar-refractivity contribution is 0.247. The van der Waals surface area contributed by atoms with Crippen molar-refractivity contribution in [1.29, 1.82) is 0 Å². The van der Waals surface area contributed by atoms with Gasteiger partial charge in [0.15, 0.2) is 0 Å². The molecule has 1 saturated heterocycles. The van der Waals surface area contributed by atoms with Crippen molar-refractivity contribution < 1.29 is 4.52 Å². The van der Waals surface area contributed by atoms with Crippen molar-refractivity contribution in [2.24, 2.45) is 0 Å². The number of piperazine rings is 1. The van der Waals surface area contributed by atoms with Gasteiger partial charge in [0.25, 0.3) is 0 Å². The first-order valence-electron chi connectivity index (χ1n) is 9.97. The number of halogens is 1. The number of thiophene rings is 1. The third-order valence-electron chi connectivity index (χ3n) is 5.74. The standard InChI is InChI=1S/C22H22ClN5OS/c1-14-18(15(2)29-26-14)11-27-7-9-28(10-8-27)21-20-19(12-30-22(20)25-13-24-21)16-3-5-17(23)6-4-16/h3-6,12-13H,7-11H2,1-2H3. The van der Waals surface area contributed by atoms with Gasteiger partial charge in [-0.3, -0.25) is 4.90 Å². The van der Waals surface area contributed by atoms with E-state index >= 15 is 0 Å². The molecule has 0 bridgehead atoms. The lowest BCUT2D eigenvalue weighted by Gasteiger charge is -2.35. The van der Waals surface area contributed by atoms with Crippen molar-refractivity contribution in [2.45, 2.75) is 20.4 Å². The molecule has 154 valence electrons. The van der Waals surface area contributed by atoms with E-state index in [1.165, 1.54) is 11.1 Å². The van der Waals surface area contributed by atoms with Crippen LogP contribution in [0.4, 0.5) is 5.82 Å². The molecule has 0 N–H and O–H groups in total. The summed E-state index contributed by atoms with van der Waals surface area (Å²) < 4.78 is 5.32. The van der Waals surface area contributed by atoms with E-state index in [4.69, 9.17) is 16.1 Å². The first kappa shape index (κ1) is 19.5. The number of nitrogens with zero attached hydrogens (tertiary/aromatic N) is 5. The minimum absolute atomic E-state index is 0.740. The number of anilines is 1. The van der Waals surface area contributed by atoms with Crippen LogP contribution in [-0.2, 0) is 6.54 Å². The molecule has 1 fully saturated rings. The Morgan fingerprint density at radius 2 is 1.83 bits per heavy atom.